The van der Waals surface area contributed by atoms with Crippen LogP contribution < -0.4 is 0 Å². The first-order chi connectivity index (χ1) is 6.49. The number of hydrogen-bond donors (Lipinski definition) is 0. The summed E-state index contributed by atoms with van der Waals surface area (Å²) in [4.78, 5) is 0.648. The molecule has 0 aliphatic rings. The monoisotopic (exact) mass is 220 g/mol. The first kappa shape index (κ1) is 11.4. The molecule has 1 rings (SSSR count). The maximum atomic E-state index is 12.5. The van der Waals surface area contributed by atoms with E-state index in [0.717, 1.165) is 0 Å². The number of rotatable bonds is 2. The molecule has 0 bridgehead atoms. The molecule has 0 nitrogen and oxygen atoms in total. The van der Waals surface area contributed by atoms with Crippen molar-refractivity contribution < 1.29 is 13.2 Å². The van der Waals surface area contributed by atoms with Crippen LogP contribution in [0.2, 0.25) is 0 Å². The standard InChI is InChI=1S/C10H11F3S/c1-3-7-4-5-8(14-2)6-9(7)10(11,12)13/h4-6H,3H2,1-2H3. The summed E-state index contributed by atoms with van der Waals surface area (Å²) < 4.78 is 37.6. The second kappa shape index (κ2) is 4.26. The fourth-order valence-electron chi connectivity index (χ4n) is 1.25. The Bertz CT molecular complexity index is 318. The Balaban J connectivity index is 3.22. The summed E-state index contributed by atoms with van der Waals surface area (Å²) in [6.45, 7) is 1.73. The van der Waals surface area contributed by atoms with Crippen molar-refractivity contribution in [1.82, 2.24) is 0 Å². The van der Waals surface area contributed by atoms with Crippen molar-refractivity contribution in [2.45, 2.75) is 24.4 Å². The summed E-state index contributed by atoms with van der Waals surface area (Å²) in [6, 6.07) is 4.48. The van der Waals surface area contributed by atoms with Crippen molar-refractivity contribution in [3.8, 4) is 0 Å². The molecule has 0 radical (unpaired) electrons. The van der Waals surface area contributed by atoms with Gasteiger partial charge in [0.25, 0.3) is 0 Å². The second-order valence-corrected chi connectivity index (χ2v) is 3.75. The molecule has 78 valence electrons. The molecule has 0 aliphatic heterocycles. The zero-order chi connectivity index (χ0) is 10.8. The van der Waals surface area contributed by atoms with Crippen LogP contribution in [0.3, 0.4) is 0 Å². The van der Waals surface area contributed by atoms with Gasteiger partial charge in [0.05, 0.1) is 5.56 Å². The lowest BCUT2D eigenvalue weighted by Crippen LogP contribution is -2.08. The third-order valence-electron chi connectivity index (χ3n) is 2.00. The number of aryl methyl sites for hydroxylation is 1. The van der Waals surface area contributed by atoms with Gasteiger partial charge in [0.2, 0.25) is 0 Å². The van der Waals surface area contributed by atoms with Gasteiger partial charge in [-0.15, -0.1) is 11.8 Å². The van der Waals surface area contributed by atoms with Crippen molar-refractivity contribution in [3.63, 3.8) is 0 Å². The molecule has 0 unspecified atom stereocenters. The fourth-order valence-corrected chi connectivity index (χ4v) is 1.69. The van der Waals surface area contributed by atoms with Crippen LogP contribution in [0, 0.1) is 0 Å². The summed E-state index contributed by atoms with van der Waals surface area (Å²) in [5.41, 5.74) is -0.151. The van der Waals surface area contributed by atoms with Crippen LogP contribution in [-0.2, 0) is 12.6 Å². The van der Waals surface area contributed by atoms with Gasteiger partial charge in [-0.25, -0.2) is 0 Å². The molecular weight excluding hydrogens is 209 g/mol. The third kappa shape index (κ3) is 2.44. The predicted molar refractivity (Wildman–Crippen MR) is 52.6 cm³/mol. The van der Waals surface area contributed by atoms with Crippen LogP contribution in [0.25, 0.3) is 0 Å². The Kier molecular flexibility index (Phi) is 3.48. The number of alkyl halides is 3. The first-order valence-corrected chi connectivity index (χ1v) is 5.45. The number of thioether (sulfide) groups is 1. The fraction of sp³-hybridized carbons (Fsp3) is 0.400. The SMILES string of the molecule is CCc1ccc(SC)cc1C(F)(F)F. The topological polar surface area (TPSA) is 0 Å². The van der Waals surface area contributed by atoms with E-state index in [4.69, 9.17) is 0 Å². The van der Waals surface area contributed by atoms with E-state index >= 15 is 0 Å². The van der Waals surface area contributed by atoms with E-state index in [1.807, 2.05) is 0 Å². The minimum absolute atomic E-state index is 0.357. The maximum absolute atomic E-state index is 12.5. The van der Waals surface area contributed by atoms with Crippen LogP contribution in [0.15, 0.2) is 23.1 Å². The van der Waals surface area contributed by atoms with Gasteiger partial charge in [-0.2, -0.15) is 13.2 Å². The quantitative estimate of drug-likeness (QED) is 0.679. The molecule has 14 heavy (non-hydrogen) atoms. The van der Waals surface area contributed by atoms with Crippen molar-refractivity contribution in [2.75, 3.05) is 6.26 Å². The highest BCUT2D eigenvalue weighted by Crippen LogP contribution is 2.34. The highest BCUT2D eigenvalue weighted by Gasteiger charge is 2.32. The van der Waals surface area contributed by atoms with Crippen molar-refractivity contribution in [3.05, 3.63) is 29.3 Å². The summed E-state index contributed by atoms with van der Waals surface area (Å²) >= 11 is 1.32. The van der Waals surface area contributed by atoms with Crippen LogP contribution in [0.5, 0.6) is 0 Å². The van der Waals surface area contributed by atoms with Gasteiger partial charge in [0, 0.05) is 4.90 Å². The summed E-state index contributed by atoms with van der Waals surface area (Å²) in [5, 5.41) is 0. The lowest BCUT2D eigenvalue weighted by atomic mass is 10.1. The predicted octanol–water partition coefficient (Wildman–Crippen LogP) is 3.99. The molecule has 4 heteroatoms. The molecule has 0 atom stereocenters. The molecule has 0 N–H and O–H groups in total. The van der Waals surface area contributed by atoms with Crippen molar-refractivity contribution in [2.24, 2.45) is 0 Å². The van der Waals surface area contributed by atoms with Gasteiger partial charge in [-0.05, 0) is 30.4 Å². The molecule has 0 amide bonds. The zero-order valence-electron chi connectivity index (χ0n) is 7.98. The lowest BCUT2D eigenvalue weighted by molar-refractivity contribution is -0.138. The molecule has 0 saturated heterocycles. The summed E-state index contributed by atoms with van der Waals surface area (Å²) in [6.07, 6.45) is -2.07. The largest absolute Gasteiger partial charge is 0.416 e. The van der Waals surface area contributed by atoms with Crippen LogP contribution in [-0.4, -0.2) is 6.26 Å². The van der Waals surface area contributed by atoms with E-state index < -0.39 is 11.7 Å². The van der Waals surface area contributed by atoms with E-state index in [1.54, 1.807) is 25.3 Å². The molecular formula is C10H11F3S. The van der Waals surface area contributed by atoms with Gasteiger partial charge in [0.15, 0.2) is 0 Å². The van der Waals surface area contributed by atoms with Crippen molar-refractivity contribution >= 4 is 11.8 Å². The molecule has 1 aromatic rings. The van der Waals surface area contributed by atoms with E-state index in [2.05, 4.69) is 0 Å². The third-order valence-corrected chi connectivity index (χ3v) is 2.73. The highest BCUT2D eigenvalue weighted by molar-refractivity contribution is 7.98. The average Bonchev–Trinajstić information content (AvgIpc) is 2.15. The van der Waals surface area contributed by atoms with Gasteiger partial charge in [-0.3, -0.25) is 0 Å². The Morgan fingerprint density at radius 2 is 1.93 bits per heavy atom. The molecule has 0 fully saturated rings. The van der Waals surface area contributed by atoms with Gasteiger partial charge in [0.1, 0.15) is 0 Å². The van der Waals surface area contributed by atoms with Gasteiger partial charge >= 0.3 is 6.18 Å². The Hall–Kier alpha value is -0.640. The second-order valence-electron chi connectivity index (χ2n) is 2.87. The van der Waals surface area contributed by atoms with E-state index in [-0.39, 0.29) is 0 Å². The van der Waals surface area contributed by atoms with E-state index in [1.165, 1.54) is 17.8 Å². The molecule has 0 saturated carbocycles. The van der Waals surface area contributed by atoms with E-state index in [9.17, 15) is 13.2 Å². The number of benzene rings is 1. The van der Waals surface area contributed by atoms with E-state index in [0.29, 0.717) is 16.9 Å². The Morgan fingerprint density at radius 1 is 1.29 bits per heavy atom. The Labute approximate surface area is 85.5 Å². The molecule has 0 heterocycles. The molecule has 0 aromatic heterocycles. The van der Waals surface area contributed by atoms with Crippen LogP contribution in [0.4, 0.5) is 13.2 Å². The normalized spacial score (nSPS) is 11.8. The smallest absolute Gasteiger partial charge is 0.166 e. The Morgan fingerprint density at radius 3 is 2.36 bits per heavy atom. The molecule has 1 aromatic carbocycles. The average molecular weight is 220 g/mol. The van der Waals surface area contributed by atoms with Crippen LogP contribution >= 0.6 is 11.8 Å². The first-order valence-electron chi connectivity index (χ1n) is 4.23. The minimum Gasteiger partial charge on any atom is -0.166 e. The lowest BCUT2D eigenvalue weighted by Gasteiger charge is -2.12. The minimum atomic E-state index is -4.24. The molecule has 0 aliphatic carbocycles. The van der Waals surface area contributed by atoms with Gasteiger partial charge < -0.3 is 0 Å². The molecule has 0 spiro atoms. The summed E-state index contributed by atoms with van der Waals surface area (Å²) in [5.74, 6) is 0. The maximum Gasteiger partial charge on any atom is 0.416 e. The number of hydrogen-bond acceptors (Lipinski definition) is 1. The van der Waals surface area contributed by atoms with Crippen LogP contribution in [0.1, 0.15) is 18.1 Å². The zero-order valence-corrected chi connectivity index (χ0v) is 8.80. The summed E-state index contributed by atoms with van der Waals surface area (Å²) in [7, 11) is 0. The number of halogens is 3. The highest BCUT2D eigenvalue weighted by atomic mass is 32.2. The van der Waals surface area contributed by atoms with Gasteiger partial charge in [-0.1, -0.05) is 13.0 Å². The van der Waals surface area contributed by atoms with Crippen molar-refractivity contribution in [1.29, 1.82) is 0 Å².